The van der Waals surface area contributed by atoms with Gasteiger partial charge in [0, 0.05) is 19.0 Å². The molecule has 0 aliphatic carbocycles. The number of benzene rings is 2. The fourth-order valence-electron chi connectivity index (χ4n) is 2.65. The minimum Gasteiger partial charge on any atom is -0.497 e. The third-order valence-corrected chi connectivity index (χ3v) is 4.03. The number of carbonyl (C=O) groups is 1. The molecule has 3 aromatic rings. The summed E-state index contributed by atoms with van der Waals surface area (Å²) >= 11 is 0. The first-order valence-corrected chi connectivity index (χ1v) is 8.02. The summed E-state index contributed by atoms with van der Waals surface area (Å²) in [5.41, 5.74) is 2.12. The molecule has 0 fully saturated rings. The van der Waals surface area contributed by atoms with Crippen LogP contribution >= 0.6 is 0 Å². The molecule has 0 saturated carbocycles. The van der Waals surface area contributed by atoms with Crippen LogP contribution in [0.3, 0.4) is 0 Å². The van der Waals surface area contributed by atoms with Crippen LogP contribution in [0.2, 0.25) is 0 Å². The number of amides is 1. The van der Waals surface area contributed by atoms with E-state index in [1.165, 1.54) is 0 Å². The normalized spacial score (nSPS) is 11.9. The van der Waals surface area contributed by atoms with Gasteiger partial charge in [-0.2, -0.15) is 0 Å². The smallest absolute Gasteiger partial charge is 0.270 e. The molecule has 128 valence electrons. The molecule has 1 aromatic heterocycles. The Kier molecular flexibility index (Phi) is 5.26. The van der Waals surface area contributed by atoms with Gasteiger partial charge in [0.05, 0.1) is 18.7 Å². The Morgan fingerprint density at radius 1 is 1.08 bits per heavy atom. The predicted octanol–water partition coefficient (Wildman–Crippen LogP) is 3.36. The Morgan fingerprint density at radius 3 is 2.72 bits per heavy atom. The van der Waals surface area contributed by atoms with Gasteiger partial charge in [-0.1, -0.05) is 36.4 Å². The van der Waals surface area contributed by atoms with Gasteiger partial charge in [0.15, 0.2) is 0 Å². The average Bonchev–Trinajstić information content (AvgIpc) is 2.68. The van der Waals surface area contributed by atoms with Gasteiger partial charge in [-0.25, -0.2) is 4.98 Å². The molecule has 1 atom stereocenters. The van der Waals surface area contributed by atoms with Gasteiger partial charge < -0.3 is 14.8 Å². The second kappa shape index (κ2) is 7.77. The van der Waals surface area contributed by atoms with E-state index in [1.807, 2.05) is 54.6 Å². The van der Waals surface area contributed by atoms with Gasteiger partial charge >= 0.3 is 0 Å². The maximum Gasteiger partial charge on any atom is 0.270 e. The first-order valence-electron chi connectivity index (χ1n) is 8.02. The van der Waals surface area contributed by atoms with Crippen LogP contribution in [0, 0.1) is 0 Å². The zero-order chi connectivity index (χ0) is 17.6. The van der Waals surface area contributed by atoms with Crippen LogP contribution in [0.25, 0.3) is 10.9 Å². The van der Waals surface area contributed by atoms with Gasteiger partial charge in [-0.05, 0) is 29.8 Å². The maximum absolute atomic E-state index is 12.4. The minimum atomic E-state index is -0.264. The summed E-state index contributed by atoms with van der Waals surface area (Å²) in [5, 5.41) is 3.89. The number of hydrogen-bond donors (Lipinski definition) is 1. The molecular weight excluding hydrogens is 316 g/mol. The lowest BCUT2D eigenvalue weighted by molar-refractivity contribution is 0.0824. The number of nitrogens with zero attached hydrogens (tertiary/aromatic N) is 1. The SMILES string of the molecule is COc1cccc(C(CNC(=O)c2ccc3ccccc3n2)OC)c1. The average molecular weight is 336 g/mol. The Balaban J connectivity index is 1.70. The van der Waals surface area contributed by atoms with Gasteiger partial charge in [0.2, 0.25) is 0 Å². The van der Waals surface area contributed by atoms with E-state index in [0.717, 1.165) is 22.2 Å². The fourth-order valence-corrected chi connectivity index (χ4v) is 2.65. The number of nitrogens with one attached hydrogen (secondary N) is 1. The molecule has 0 radical (unpaired) electrons. The number of fused-ring (bicyclic) bond motifs is 1. The Hall–Kier alpha value is -2.92. The summed E-state index contributed by atoms with van der Waals surface area (Å²) in [7, 11) is 3.23. The molecule has 25 heavy (non-hydrogen) atoms. The van der Waals surface area contributed by atoms with Crippen LogP contribution in [0.1, 0.15) is 22.2 Å². The summed E-state index contributed by atoms with van der Waals surface area (Å²) in [6, 6.07) is 18.9. The quantitative estimate of drug-likeness (QED) is 0.750. The molecule has 3 rings (SSSR count). The molecule has 1 heterocycles. The highest BCUT2D eigenvalue weighted by atomic mass is 16.5. The zero-order valence-corrected chi connectivity index (χ0v) is 14.2. The summed E-state index contributed by atoms with van der Waals surface area (Å²) in [5.74, 6) is 0.526. The van der Waals surface area contributed by atoms with E-state index in [1.54, 1.807) is 20.3 Å². The van der Waals surface area contributed by atoms with Gasteiger partial charge in [-0.3, -0.25) is 4.79 Å². The number of para-hydroxylation sites is 1. The van der Waals surface area contributed by atoms with Crippen LogP contribution < -0.4 is 10.1 Å². The lowest BCUT2D eigenvalue weighted by atomic mass is 10.1. The van der Waals surface area contributed by atoms with E-state index < -0.39 is 0 Å². The Bertz CT molecular complexity index is 879. The van der Waals surface area contributed by atoms with Crippen molar-refractivity contribution in [1.82, 2.24) is 10.3 Å². The van der Waals surface area contributed by atoms with Gasteiger partial charge in [0.1, 0.15) is 11.4 Å². The fraction of sp³-hybridized carbons (Fsp3) is 0.200. The Labute approximate surface area is 146 Å². The van der Waals surface area contributed by atoms with E-state index >= 15 is 0 Å². The second-order valence-corrected chi connectivity index (χ2v) is 5.60. The largest absolute Gasteiger partial charge is 0.497 e. The van der Waals surface area contributed by atoms with E-state index in [0.29, 0.717) is 12.2 Å². The van der Waals surface area contributed by atoms with Crippen molar-refractivity contribution >= 4 is 16.8 Å². The van der Waals surface area contributed by atoms with Crippen LogP contribution in [-0.4, -0.2) is 31.7 Å². The molecule has 0 spiro atoms. The van der Waals surface area contributed by atoms with Crippen molar-refractivity contribution in [3.8, 4) is 5.75 Å². The van der Waals surface area contributed by atoms with Crippen molar-refractivity contribution < 1.29 is 14.3 Å². The number of aromatic nitrogens is 1. The van der Waals surface area contributed by atoms with Gasteiger partial charge in [-0.15, -0.1) is 0 Å². The van der Waals surface area contributed by atoms with Crippen LogP contribution in [-0.2, 0) is 4.74 Å². The molecule has 0 aliphatic heterocycles. The number of methoxy groups -OCH3 is 2. The first kappa shape index (κ1) is 16.9. The monoisotopic (exact) mass is 336 g/mol. The van der Waals surface area contributed by atoms with Crippen molar-refractivity contribution in [1.29, 1.82) is 0 Å². The highest BCUT2D eigenvalue weighted by Crippen LogP contribution is 2.21. The first-order chi connectivity index (χ1) is 12.2. The molecule has 0 aliphatic rings. The predicted molar refractivity (Wildman–Crippen MR) is 96.8 cm³/mol. The highest BCUT2D eigenvalue weighted by molar-refractivity contribution is 5.94. The van der Waals surface area contributed by atoms with E-state index in [-0.39, 0.29) is 12.0 Å². The maximum atomic E-state index is 12.4. The molecule has 1 amide bonds. The summed E-state index contributed by atoms with van der Waals surface area (Å²) in [6.07, 6.45) is -0.264. The molecule has 1 unspecified atom stereocenters. The Morgan fingerprint density at radius 2 is 1.92 bits per heavy atom. The number of rotatable bonds is 6. The minimum absolute atomic E-state index is 0.226. The lowest BCUT2D eigenvalue weighted by Gasteiger charge is -2.17. The summed E-state index contributed by atoms with van der Waals surface area (Å²) in [4.78, 5) is 16.8. The molecule has 5 heteroatoms. The number of ether oxygens (including phenoxy) is 2. The molecule has 1 N–H and O–H groups in total. The zero-order valence-electron chi connectivity index (χ0n) is 14.2. The topological polar surface area (TPSA) is 60.5 Å². The number of hydrogen-bond acceptors (Lipinski definition) is 4. The second-order valence-electron chi connectivity index (χ2n) is 5.60. The van der Waals surface area contributed by atoms with Crippen molar-refractivity contribution in [3.05, 3.63) is 71.9 Å². The van der Waals surface area contributed by atoms with Crippen LogP contribution in [0.15, 0.2) is 60.7 Å². The van der Waals surface area contributed by atoms with E-state index in [2.05, 4.69) is 10.3 Å². The standard InChI is InChI=1S/C20H20N2O3/c1-24-16-8-5-7-15(12-16)19(25-2)13-21-20(23)18-11-10-14-6-3-4-9-17(14)22-18/h3-12,19H,13H2,1-2H3,(H,21,23). The molecule has 0 saturated heterocycles. The number of pyridine rings is 1. The lowest BCUT2D eigenvalue weighted by Crippen LogP contribution is -2.29. The third kappa shape index (κ3) is 3.95. The molecule has 0 bridgehead atoms. The highest BCUT2D eigenvalue weighted by Gasteiger charge is 2.14. The molecule has 5 nitrogen and oxygen atoms in total. The van der Waals surface area contributed by atoms with E-state index in [9.17, 15) is 4.79 Å². The van der Waals surface area contributed by atoms with Gasteiger partial charge in [0.25, 0.3) is 5.91 Å². The van der Waals surface area contributed by atoms with Crippen LogP contribution in [0.4, 0.5) is 0 Å². The van der Waals surface area contributed by atoms with Crippen molar-refractivity contribution in [3.63, 3.8) is 0 Å². The molecule has 2 aromatic carbocycles. The van der Waals surface area contributed by atoms with E-state index in [4.69, 9.17) is 9.47 Å². The van der Waals surface area contributed by atoms with Crippen molar-refractivity contribution in [2.24, 2.45) is 0 Å². The van der Waals surface area contributed by atoms with Crippen LogP contribution in [0.5, 0.6) is 5.75 Å². The summed E-state index contributed by atoms with van der Waals surface area (Å²) in [6.45, 7) is 0.344. The number of carbonyl (C=O) groups excluding carboxylic acids is 1. The van der Waals surface area contributed by atoms with Crippen molar-refractivity contribution in [2.45, 2.75) is 6.10 Å². The molecular formula is C20H20N2O3. The summed E-state index contributed by atoms with van der Waals surface area (Å²) < 4.78 is 10.7. The van der Waals surface area contributed by atoms with Crippen molar-refractivity contribution in [2.75, 3.05) is 20.8 Å². The third-order valence-electron chi connectivity index (χ3n) is 4.03.